The molecule has 2 rings (SSSR count). The van der Waals surface area contributed by atoms with Crippen LogP contribution in [0.2, 0.25) is 0 Å². The summed E-state index contributed by atoms with van der Waals surface area (Å²) in [5, 5.41) is 0. The van der Waals surface area contributed by atoms with Crippen LogP contribution in [0, 0.1) is 11.3 Å². The fourth-order valence-electron chi connectivity index (χ4n) is 2.78. The van der Waals surface area contributed by atoms with Crippen LogP contribution < -0.4 is 5.73 Å². The average Bonchev–Trinajstić information content (AvgIpc) is 2.78. The summed E-state index contributed by atoms with van der Waals surface area (Å²) < 4.78 is 0. The molecule has 0 aromatic heterocycles. The Labute approximate surface area is 81.5 Å². The maximum absolute atomic E-state index is 5.81. The van der Waals surface area contributed by atoms with Crippen LogP contribution in [0.15, 0.2) is 0 Å². The molecule has 0 bridgehead atoms. The SMILES string of the molecule is CC(N)CN1CCC2(CC2)C(C)C1. The summed E-state index contributed by atoms with van der Waals surface area (Å²) in [6.07, 6.45) is 4.39. The van der Waals surface area contributed by atoms with Gasteiger partial charge in [-0.25, -0.2) is 0 Å². The second-order valence-corrected chi connectivity index (χ2v) is 5.25. The third kappa shape index (κ3) is 1.89. The molecular formula is C11H22N2. The van der Waals surface area contributed by atoms with Gasteiger partial charge in [0.15, 0.2) is 0 Å². The zero-order valence-electron chi connectivity index (χ0n) is 8.92. The van der Waals surface area contributed by atoms with Crippen molar-refractivity contribution in [2.45, 2.75) is 39.2 Å². The lowest BCUT2D eigenvalue weighted by molar-refractivity contribution is 0.111. The van der Waals surface area contributed by atoms with Crippen molar-refractivity contribution < 1.29 is 0 Å². The van der Waals surface area contributed by atoms with E-state index in [-0.39, 0.29) is 0 Å². The van der Waals surface area contributed by atoms with Crippen molar-refractivity contribution in [3.05, 3.63) is 0 Å². The molecule has 0 aromatic rings. The van der Waals surface area contributed by atoms with E-state index in [1.54, 1.807) is 0 Å². The molecule has 0 aromatic carbocycles. The van der Waals surface area contributed by atoms with Crippen LogP contribution in [-0.4, -0.2) is 30.6 Å². The van der Waals surface area contributed by atoms with Crippen molar-refractivity contribution in [3.8, 4) is 0 Å². The first-order chi connectivity index (χ1) is 6.12. The molecule has 2 atom stereocenters. The van der Waals surface area contributed by atoms with E-state index < -0.39 is 0 Å². The summed E-state index contributed by atoms with van der Waals surface area (Å²) in [6.45, 7) is 8.17. The van der Waals surface area contributed by atoms with Crippen LogP contribution in [0.25, 0.3) is 0 Å². The lowest BCUT2D eigenvalue weighted by Gasteiger charge is -2.38. The van der Waals surface area contributed by atoms with Crippen LogP contribution in [-0.2, 0) is 0 Å². The Hall–Kier alpha value is -0.0800. The standard InChI is InChI=1S/C11H22N2/c1-9-7-13(8-10(2)12)6-5-11(9)3-4-11/h9-10H,3-8,12H2,1-2H3. The lowest BCUT2D eigenvalue weighted by Crippen LogP contribution is -2.44. The molecule has 76 valence electrons. The first-order valence-corrected chi connectivity index (χ1v) is 5.60. The van der Waals surface area contributed by atoms with Gasteiger partial charge in [0, 0.05) is 19.1 Å². The summed E-state index contributed by atoms with van der Waals surface area (Å²) in [5.41, 5.74) is 6.58. The molecule has 0 amide bonds. The van der Waals surface area contributed by atoms with Crippen LogP contribution in [0.4, 0.5) is 0 Å². The second-order valence-electron chi connectivity index (χ2n) is 5.25. The van der Waals surface area contributed by atoms with E-state index in [1.165, 1.54) is 32.4 Å². The first-order valence-electron chi connectivity index (χ1n) is 5.60. The fraction of sp³-hybridized carbons (Fsp3) is 1.00. The number of nitrogens with two attached hydrogens (primary N) is 1. The van der Waals surface area contributed by atoms with E-state index in [4.69, 9.17) is 5.73 Å². The molecule has 1 spiro atoms. The molecule has 2 fully saturated rings. The number of likely N-dealkylation sites (tertiary alicyclic amines) is 1. The molecule has 1 aliphatic heterocycles. The number of piperidine rings is 1. The molecule has 1 aliphatic carbocycles. The van der Waals surface area contributed by atoms with E-state index in [0.717, 1.165) is 17.9 Å². The zero-order valence-corrected chi connectivity index (χ0v) is 8.92. The van der Waals surface area contributed by atoms with Crippen molar-refractivity contribution in [3.63, 3.8) is 0 Å². The lowest BCUT2D eigenvalue weighted by atomic mass is 9.83. The molecule has 2 N–H and O–H groups in total. The number of nitrogens with zero attached hydrogens (tertiary/aromatic N) is 1. The maximum atomic E-state index is 5.81. The third-order valence-electron chi connectivity index (χ3n) is 3.94. The van der Waals surface area contributed by atoms with Crippen molar-refractivity contribution >= 4 is 0 Å². The monoisotopic (exact) mass is 182 g/mol. The first kappa shape index (κ1) is 9.47. The maximum Gasteiger partial charge on any atom is 0.0139 e. The summed E-state index contributed by atoms with van der Waals surface area (Å²) in [5.74, 6) is 0.903. The van der Waals surface area contributed by atoms with Gasteiger partial charge < -0.3 is 10.6 Å². The van der Waals surface area contributed by atoms with Gasteiger partial charge in [0.2, 0.25) is 0 Å². The van der Waals surface area contributed by atoms with Gasteiger partial charge in [0.05, 0.1) is 0 Å². The Kier molecular flexibility index (Phi) is 2.37. The second kappa shape index (κ2) is 3.25. The number of rotatable bonds is 2. The predicted octanol–water partition coefficient (Wildman–Crippen LogP) is 1.46. The van der Waals surface area contributed by atoms with E-state index in [9.17, 15) is 0 Å². The Bertz CT molecular complexity index is 185. The van der Waals surface area contributed by atoms with Gasteiger partial charge >= 0.3 is 0 Å². The molecule has 2 heteroatoms. The van der Waals surface area contributed by atoms with Crippen molar-refractivity contribution in [1.82, 2.24) is 4.90 Å². The Morgan fingerprint density at radius 3 is 2.62 bits per heavy atom. The minimum Gasteiger partial charge on any atom is -0.327 e. The highest BCUT2D eigenvalue weighted by atomic mass is 15.1. The number of hydrogen-bond donors (Lipinski definition) is 1. The Morgan fingerprint density at radius 2 is 2.15 bits per heavy atom. The molecule has 1 saturated carbocycles. The van der Waals surface area contributed by atoms with Gasteiger partial charge in [-0.05, 0) is 44.1 Å². The van der Waals surface area contributed by atoms with Crippen LogP contribution in [0.1, 0.15) is 33.1 Å². The highest BCUT2D eigenvalue weighted by Crippen LogP contribution is 2.56. The van der Waals surface area contributed by atoms with Gasteiger partial charge in [-0.2, -0.15) is 0 Å². The van der Waals surface area contributed by atoms with E-state index in [1.807, 2.05) is 0 Å². The molecule has 1 heterocycles. The zero-order chi connectivity index (χ0) is 9.47. The van der Waals surface area contributed by atoms with Crippen LogP contribution >= 0.6 is 0 Å². The van der Waals surface area contributed by atoms with Gasteiger partial charge in [0.25, 0.3) is 0 Å². The van der Waals surface area contributed by atoms with E-state index >= 15 is 0 Å². The predicted molar refractivity (Wildman–Crippen MR) is 55.5 cm³/mol. The molecule has 1 saturated heterocycles. The molecule has 13 heavy (non-hydrogen) atoms. The van der Waals surface area contributed by atoms with Gasteiger partial charge in [-0.15, -0.1) is 0 Å². The Balaban J connectivity index is 1.84. The largest absolute Gasteiger partial charge is 0.327 e. The highest BCUT2D eigenvalue weighted by molar-refractivity contribution is 5.00. The summed E-state index contributed by atoms with van der Waals surface area (Å²) in [6, 6.07) is 0.334. The minimum atomic E-state index is 0.334. The molecular weight excluding hydrogens is 160 g/mol. The third-order valence-corrected chi connectivity index (χ3v) is 3.94. The van der Waals surface area contributed by atoms with Gasteiger partial charge in [-0.1, -0.05) is 6.92 Å². The summed E-state index contributed by atoms with van der Waals surface area (Å²) in [4.78, 5) is 2.54. The smallest absolute Gasteiger partial charge is 0.0139 e. The van der Waals surface area contributed by atoms with Crippen molar-refractivity contribution in [2.24, 2.45) is 17.1 Å². The normalized spacial score (nSPS) is 34.8. The van der Waals surface area contributed by atoms with E-state index in [2.05, 4.69) is 18.7 Å². The van der Waals surface area contributed by atoms with Crippen molar-refractivity contribution in [2.75, 3.05) is 19.6 Å². The minimum absolute atomic E-state index is 0.334. The van der Waals surface area contributed by atoms with Crippen LogP contribution in [0.5, 0.6) is 0 Å². The quantitative estimate of drug-likeness (QED) is 0.700. The van der Waals surface area contributed by atoms with Crippen LogP contribution in [0.3, 0.4) is 0 Å². The number of hydrogen-bond acceptors (Lipinski definition) is 2. The summed E-state index contributed by atoms with van der Waals surface area (Å²) >= 11 is 0. The molecule has 2 nitrogen and oxygen atoms in total. The Morgan fingerprint density at radius 1 is 1.46 bits per heavy atom. The molecule has 2 unspecified atom stereocenters. The highest BCUT2D eigenvalue weighted by Gasteiger charge is 2.49. The van der Waals surface area contributed by atoms with E-state index in [0.29, 0.717) is 6.04 Å². The van der Waals surface area contributed by atoms with Crippen molar-refractivity contribution in [1.29, 1.82) is 0 Å². The fourth-order valence-corrected chi connectivity index (χ4v) is 2.78. The topological polar surface area (TPSA) is 29.3 Å². The average molecular weight is 182 g/mol. The molecule has 2 aliphatic rings. The summed E-state index contributed by atoms with van der Waals surface area (Å²) in [7, 11) is 0. The van der Waals surface area contributed by atoms with Gasteiger partial charge in [0.1, 0.15) is 0 Å². The molecule has 0 radical (unpaired) electrons. The van der Waals surface area contributed by atoms with Gasteiger partial charge in [-0.3, -0.25) is 0 Å².